The first-order chi connectivity index (χ1) is 18.1. The van der Waals surface area contributed by atoms with Crippen molar-refractivity contribution in [1.29, 1.82) is 0 Å². The topological polar surface area (TPSA) is 103 Å². The van der Waals surface area contributed by atoms with Crippen molar-refractivity contribution in [1.82, 2.24) is 29.6 Å². The van der Waals surface area contributed by atoms with Gasteiger partial charge in [0.2, 0.25) is 5.65 Å². The number of rotatable bonds is 9. The summed E-state index contributed by atoms with van der Waals surface area (Å²) in [5, 5.41) is 2.15. The summed E-state index contributed by atoms with van der Waals surface area (Å²) in [7, 11) is 2.99. The van der Waals surface area contributed by atoms with Crippen molar-refractivity contribution >= 4 is 11.7 Å². The number of ether oxygens (including phenoxy) is 3. The molecule has 1 saturated heterocycles. The summed E-state index contributed by atoms with van der Waals surface area (Å²) in [6.07, 6.45) is 0.902. The largest absolute Gasteiger partial charge is 0.494 e. The third-order valence-electron chi connectivity index (χ3n) is 6.38. The van der Waals surface area contributed by atoms with Crippen molar-refractivity contribution in [3.8, 4) is 22.9 Å². The molecule has 0 radical (unpaired) electrons. The fourth-order valence-electron chi connectivity index (χ4n) is 4.43. The molecular formula is C25H31F3N6O4. The molecule has 206 valence electrons. The van der Waals surface area contributed by atoms with E-state index in [9.17, 15) is 18.0 Å². The number of urea groups is 1. The average molecular weight is 537 g/mol. The molecule has 0 bridgehead atoms. The highest BCUT2D eigenvalue weighted by Gasteiger charge is 2.43. The van der Waals surface area contributed by atoms with Crippen LogP contribution >= 0.6 is 0 Å². The van der Waals surface area contributed by atoms with Crippen LogP contribution in [0.15, 0.2) is 24.7 Å². The Morgan fingerprint density at radius 2 is 2.08 bits per heavy atom. The second kappa shape index (κ2) is 11.4. The number of hydrogen-bond acceptors (Lipinski definition) is 7. The fraction of sp³-hybridized carbons (Fsp3) is 0.520. The van der Waals surface area contributed by atoms with Crippen LogP contribution in [0.1, 0.15) is 37.6 Å². The number of amides is 2. The van der Waals surface area contributed by atoms with Crippen LogP contribution in [0, 0.1) is 6.92 Å². The van der Waals surface area contributed by atoms with Crippen LogP contribution in [-0.2, 0) is 11.3 Å². The molecule has 3 aromatic rings. The number of carbonyl (C=O) groups excluding carboxylic acids is 1. The third kappa shape index (κ3) is 6.09. The van der Waals surface area contributed by atoms with E-state index < -0.39 is 24.4 Å². The SMILES string of the molecule is CCN(Cc1cc(-c2cn3cc(C)nc3c(OC)n2)c(OC)cn1)C(=O)NC(CC1CCCO1)C(F)(F)F. The fourth-order valence-corrected chi connectivity index (χ4v) is 4.43. The Morgan fingerprint density at radius 1 is 1.29 bits per heavy atom. The zero-order valence-corrected chi connectivity index (χ0v) is 21.7. The van der Waals surface area contributed by atoms with Crippen LogP contribution < -0.4 is 14.8 Å². The van der Waals surface area contributed by atoms with Gasteiger partial charge >= 0.3 is 12.2 Å². The van der Waals surface area contributed by atoms with E-state index in [1.807, 2.05) is 13.1 Å². The Bertz CT molecular complexity index is 1280. The van der Waals surface area contributed by atoms with Gasteiger partial charge in [-0.1, -0.05) is 0 Å². The van der Waals surface area contributed by atoms with E-state index in [0.29, 0.717) is 53.7 Å². The first-order valence-corrected chi connectivity index (χ1v) is 12.3. The molecular weight excluding hydrogens is 505 g/mol. The van der Waals surface area contributed by atoms with Gasteiger partial charge < -0.3 is 28.8 Å². The van der Waals surface area contributed by atoms with Gasteiger partial charge in [0.25, 0.3) is 5.88 Å². The Balaban J connectivity index is 1.57. The van der Waals surface area contributed by atoms with E-state index in [-0.39, 0.29) is 19.5 Å². The van der Waals surface area contributed by atoms with E-state index in [1.54, 1.807) is 23.6 Å². The van der Waals surface area contributed by atoms with Gasteiger partial charge in [-0.2, -0.15) is 13.2 Å². The summed E-state index contributed by atoms with van der Waals surface area (Å²) in [6.45, 7) is 4.13. The van der Waals surface area contributed by atoms with Gasteiger partial charge in [0, 0.05) is 37.5 Å². The Labute approximate surface area is 218 Å². The second-order valence-corrected chi connectivity index (χ2v) is 9.05. The summed E-state index contributed by atoms with van der Waals surface area (Å²) in [4.78, 5) is 27.5. The van der Waals surface area contributed by atoms with Gasteiger partial charge in [0.1, 0.15) is 11.8 Å². The molecule has 2 atom stereocenters. The zero-order chi connectivity index (χ0) is 27.4. The van der Waals surface area contributed by atoms with Crippen LogP contribution in [0.2, 0.25) is 0 Å². The summed E-state index contributed by atoms with van der Waals surface area (Å²) < 4.78 is 59.1. The molecule has 0 aliphatic carbocycles. The van der Waals surface area contributed by atoms with Crippen molar-refractivity contribution in [3.63, 3.8) is 0 Å². The molecule has 0 saturated carbocycles. The number of imidazole rings is 1. The van der Waals surface area contributed by atoms with Crippen molar-refractivity contribution < 1.29 is 32.2 Å². The van der Waals surface area contributed by atoms with Crippen LogP contribution in [0.5, 0.6) is 11.6 Å². The van der Waals surface area contributed by atoms with Crippen molar-refractivity contribution in [3.05, 3.63) is 36.0 Å². The number of fused-ring (bicyclic) bond motifs is 1. The average Bonchev–Trinajstić information content (AvgIpc) is 3.54. The minimum Gasteiger partial charge on any atom is -0.494 e. The Hall–Kier alpha value is -3.61. The molecule has 1 aliphatic heterocycles. The second-order valence-electron chi connectivity index (χ2n) is 9.05. The Morgan fingerprint density at radius 3 is 2.71 bits per heavy atom. The van der Waals surface area contributed by atoms with E-state index in [4.69, 9.17) is 14.2 Å². The highest BCUT2D eigenvalue weighted by molar-refractivity contribution is 5.75. The smallest absolute Gasteiger partial charge is 0.408 e. The minimum absolute atomic E-state index is 0.0204. The number of halogens is 3. The summed E-state index contributed by atoms with van der Waals surface area (Å²) in [5.41, 5.74) is 2.87. The lowest BCUT2D eigenvalue weighted by molar-refractivity contribution is -0.160. The number of nitrogens with one attached hydrogen (secondary N) is 1. The molecule has 10 nitrogen and oxygen atoms in total. The maximum absolute atomic E-state index is 13.7. The number of aromatic nitrogens is 4. The standard InChI is InChI=1S/C25H31F3N6O4/c1-5-33(24(35)32-21(25(26,27)28)10-17-7-6-8-38-17)13-16-9-18(20(36-3)11-29-16)19-14-34-12-15(2)30-22(34)23(31-19)37-4/h9,11-12,14,17,21H,5-8,10,13H2,1-4H3,(H,32,35). The summed E-state index contributed by atoms with van der Waals surface area (Å²) in [6, 6.07) is -1.14. The number of carbonyl (C=O) groups is 1. The third-order valence-corrected chi connectivity index (χ3v) is 6.38. The summed E-state index contributed by atoms with van der Waals surface area (Å²) >= 11 is 0. The van der Waals surface area contributed by atoms with Gasteiger partial charge in [-0.05, 0) is 32.8 Å². The highest BCUT2D eigenvalue weighted by Crippen LogP contribution is 2.32. The van der Waals surface area contributed by atoms with Crippen molar-refractivity contribution in [2.24, 2.45) is 0 Å². The quantitative estimate of drug-likeness (QED) is 0.438. The van der Waals surface area contributed by atoms with E-state index in [0.717, 1.165) is 5.69 Å². The molecule has 1 fully saturated rings. The van der Waals surface area contributed by atoms with Gasteiger partial charge in [-0.3, -0.25) is 4.98 Å². The molecule has 0 aromatic carbocycles. The monoisotopic (exact) mass is 536 g/mol. The van der Waals surface area contributed by atoms with E-state index in [1.165, 1.54) is 25.3 Å². The minimum atomic E-state index is -4.60. The molecule has 2 amide bonds. The maximum atomic E-state index is 13.7. The van der Waals surface area contributed by atoms with E-state index in [2.05, 4.69) is 20.3 Å². The molecule has 2 unspecified atom stereocenters. The maximum Gasteiger partial charge on any atom is 0.408 e. The molecule has 38 heavy (non-hydrogen) atoms. The lowest BCUT2D eigenvalue weighted by Crippen LogP contribution is -2.51. The lowest BCUT2D eigenvalue weighted by Gasteiger charge is -2.28. The zero-order valence-electron chi connectivity index (χ0n) is 21.7. The number of aryl methyl sites for hydroxylation is 1. The van der Waals surface area contributed by atoms with Gasteiger partial charge in [0.05, 0.1) is 50.1 Å². The van der Waals surface area contributed by atoms with Gasteiger partial charge in [-0.25, -0.2) is 14.8 Å². The molecule has 4 rings (SSSR count). The first kappa shape index (κ1) is 27.4. The molecule has 1 N–H and O–H groups in total. The van der Waals surface area contributed by atoms with Crippen LogP contribution in [0.3, 0.4) is 0 Å². The van der Waals surface area contributed by atoms with Crippen LogP contribution in [-0.4, -0.2) is 76.0 Å². The van der Waals surface area contributed by atoms with Gasteiger partial charge in [0.15, 0.2) is 0 Å². The number of pyridine rings is 1. The molecule has 4 heterocycles. The highest BCUT2D eigenvalue weighted by atomic mass is 19.4. The Kier molecular flexibility index (Phi) is 8.24. The van der Waals surface area contributed by atoms with Gasteiger partial charge in [-0.15, -0.1) is 0 Å². The molecule has 13 heteroatoms. The first-order valence-electron chi connectivity index (χ1n) is 12.3. The number of alkyl halides is 3. The number of methoxy groups -OCH3 is 2. The molecule has 3 aromatic heterocycles. The lowest BCUT2D eigenvalue weighted by atomic mass is 10.1. The normalized spacial score (nSPS) is 16.4. The summed E-state index contributed by atoms with van der Waals surface area (Å²) in [5.74, 6) is 0.746. The number of hydrogen-bond donors (Lipinski definition) is 1. The van der Waals surface area contributed by atoms with Crippen molar-refractivity contribution in [2.45, 2.75) is 58.0 Å². The van der Waals surface area contributed by atoms with E-state index >= 15 is 0 Å². The predicted molar refractivity (Wildman–Crippen MR) is 132 cm³/mol. The van der Waals surface area contributed by atoms with Crippen LogP contribution in [0.4, 0.5) is 18.0 Å². The molecule has 1 aliphatic rings. The number of nitrogens with zero attached hydrogens (tertiary/aromatic N) is 5. The van der Waals surface area contributed by atoms with Crippen molar-refractivity contribution in [2.75, 3.05) is 27.4 Å². The predicted octanol–water partition coefficient (Wildman–Crippen LogP) is 4.15. The molecule has 0 spiro atoms. The van der Waals surface area contributed by atoms with Crippen LogP contribution in [0.25, 0.3) is 16.9 Å².